The quantitative estimate of drug-likeness (QED) is 0.613. The van der Waals surface area contributed by atoms with Crippen LogP contribution in [0.5, 0.6) is 0 Å². The summed E-state index contributed by atoms with van der Waals surface area (Å²) in [6.07, 6.45) is 1.70. The molecule has 1 saturated heterocycles. The molecule has 0 unspecified atom stereocenters. The summed E-state index contributed by atoms with van der Waals surface area (Å²) in [7, 11) is 0. The van der Waals surface area contributed by atoms with Gasteiger partial charge in [-0.3, -0.25) is 14.9 Å². The molecule has 90 valence electrons. The second kappa shape index (κ2) is 5.45. The Morgan fingerprint density at radius 3 is 2.65 bits per heavy atom. The van der Waals surface area contributed by atoms with Crippen LogP contribution in [0.3, 0.4) is 0 Å². The number of nitrogens with zero attached hydrogens (tertiary/aromatic N) is 1. The van der Waals surface area contributed by atoms with E-state index >= 15 is 0 Å². The topological polar surface area (TPSA) is 58.6 Å². The van der Waals surface area contributed by atoms with Crippen LogP contribution < -0.4 is 5.32 Å². The summed E-state index contributed by atoms with van der Waals surface area (Å²) < 4.78 is 0. The Morgan fingerprint density at radius 2 is 2.00 bits per heavy atom. The SMILES string of the molecule is O=C1CN(OCCCc2ccccc2)C(=O)N1. The monoisotopic (exact) mass is 234 g/mol. The van der Waals surface area contributed by atoms with Crippen molar-refractivity contribution in [3.05, 3.63) is 35.9 Å². The summed E-state index contributed by atoms with van der Waals surface area (Å²) in [5, 5.41) is 3.21. The fraction of sp³-hybridized carbons (Fsp3) is 0.333. The first kappa shape index (κ1) is 11.6. The van der Waals surface area contributed by atoms with Gasteiger partial charge in [-0.15, -0.1) is 0 Å². The van der Waals surface area contributed by atoms with Gasteiger partial charge in [0.15, 0.2) is 0 Å². The molecule has 17 heavy (non-hydrogen) atoms. The van der Waals surface area contributed by atoms with Crippen molar-refractivity contribution in [1.29, 1.82) is 0 Å². The van der Waals surface area contributed by atoms with Crippen LogP contribution in [-0.2, 0) is 16.1 Å². The number of hydroxylamine groups is 2. The maximum absolute atomic E-state index is 11.1. The fourth-order valence-electron chi connectivity index (χ4n) is 1.62. The zero-order valence-electron chi connectivity index (χ0n) is 9.39. The number of nitrogens with one attached hydrogen (secondary N) is 1. The molecule has 5 nitrogen and oxygen atoms in total. The Kier molecular flexibility index (Phi) is 3.72. The van der Waals surface area contributed by atoms with Crippen molar-refractivity contribution in [2.75, 3.05) is 13.2 Å². The lowest BCUT2D eigenvalue weighted by atomic mass is 10.1. The van der Waals surface area contributed by atoms with Crippen LogP contribution in [0.15, 0.2) is 30.3 Å². The second-order valence-electron chi connectivity index (χ2n) is 3.81. The van der Waals surface area contributed by atoms with E-state index in [0.29, 0.717) is 6.61 Å². The van der Waals surface area contributed by atoms with Gasteiger partial charge in [-0.25, -0.2) is 4.79 Å². The van der Waals surface area contributed by atoms with Gasteiger partial charge in [0.05, 0.1) is 6.61 Å². The lowest BCUT2D eigenvalue weighted by Crippen LogP contribution is -2.28. The molecule has 5 heteroatoms. The smallest absolute Gasteiger partial charge is 0.274 e. The van der Waals surface area contributed by atoms with Crippen molar-refractivity contribution in [3.8, 4) is 0 Å². The summed E-state index contributed by atoms with van der Waals surface area (Å²) in [6, 6.07) is 9.57. The Bertz CT molecular complexity index is 405. The lowest BCUT2D eigenvalue weighted by molar-refractivity contribution is -0.130. The Labute approximate surface area is 99.3 Å². The summed E-state index contributed by atoms with van der Waals surface area (Å²) >= 11 is 0. The highest BCUT2D eigenvalue weighted by Crippen LogP contribution is 2.04. The lowest BCUT2D eigenvalue weighted by Gasteiger charge is -2.12. The minimum absolute atomic E-state index is 0.00975. The molecular formula is C12H14N2O3. The molecule has 1 aliphatic rings. The third-order valence-corrected chi connectivity index (χ3v) is 2.46. The predicted molar refractivity (Wildman–Crippen MR) is 61.0 cm³/mol. The molecule has 0 atom stereocenters. The molecule has 0 saturated carbocycles. The summed E-state index contributed by atoms with van der Waals surface area (Å²) in [5.74, 6) is -0.321. The number of urea groups is 1. The number of carbonyl (C=O) groups excluding carboxylic acids is 2. The van der Waals surface area contributed by atoms with Gasteiger partial charge in [0, 0.05) is 0 Å². The first-order valence-corrected chi connectivity index (χ1v) is 5.54. The molecule has 0 aliphatic carbocycles. The zero-order valence-corrected chi connectivity index (χ0v) is 9.39. The number of benzene rings is 1. The van der Waals surface area contributed by atoms with Crippen molar-refractivity contribution in [2.24, 2.45) is 0 Å². The number of hydrogen-bond acceptors (Lipinski definition) is 3. The molecule has 1 aromatic carbocycles. The first-order valence-electron chi connectivity index (χ1n) is 5.54. The highest BCUT2D eigenvalue weighted by atomic mass is 16.7. The third-order valence-electron chi connectivity index (χ3n) is 2.46. The highest BCUT2D eigenvalue weighted by molar-refractivity contribution is 6.01. The van der Waals surface area contributed by atoms with E-state index in [9.17, 15) is 9.59 Å². The van der Waals surface area contributed by atoms with Crippen LogP contribution in [0.4, 0.5) is 4.79 Å². The van der Waals surface area contributed by atoms with E-state index < -0.39 is 6.03 Å². The Hall–Kier alpha value is -1.88. The Morgan fingerprint density at radius 1 is 1.24 bits per heavy atom. The van der Waals surface area contributed by atoms with E-state index in [1.807, 2.05) is 30.3 Å². The minimum Gasteiger partial charge on any atom is -0.274 e. The van der Waals surface area contributed by atoms with Crippen LogP contribution in [0.2, 0.25) is 0 Å². The van der Waals surface area contributed by atoms with Crippen LogP contribution in [0, 0.1) is 0 Å². The summed E-state index contributed by atoms with van der Waals surface area (Å²) in [6.45, 7) is 0.416. The standard InChI is InChI=1S/C12H14N2O3/c15-11-9-14(12(16)13-11)17-8-4-7-10-5-2-1-3-6-10/h1-3,5-6H,4,7-9H2,(H,13,15,16). The number of aryl methyl sites for hydroxylation is 1. The molecule has 1 aromatic rings. The number of imide groups is 1. The van der Waals surface area contributed by atoms with Crippen molar-refractivity contribution >= 4 is 11.9 Å². The molecule has 3 amide bonds. The molecule has 1 aliphatic heterocycles. The number of rotatable bonds is 5. The van der Waals surface area contributed by atoms with Gasteiger partial charge in [0.25, 0.3) is 0 Å². The molecule has 0 bridgehead atoms. The zero-order chi connectivity index (χ0) is 12.1. The molecule has 1 fully saturated rings. The molecule has 1 heterocycles. The average molecular weight is 234 g/mol. The van der Waals surface area contributed by atoms with Crippen LogP contribution in [0.25, 0.3) is 0 Å². The molecule has 0 aromatic heterocycles. The van der Waals surface area contributed by atoms with Crippen LogP contribution >= 0.6 is 0 Å². The molecule has 2 rings (SSSR count). The van der Waals surface area contributed by atoms with Crippen molar-refractivity contribution in [2.45, 2.75) is 12.8 Å². The van der Waals surface area contributed by atoms with Crippen molar-refractivity contribution in [3.63, 3.8) is 0 Å². The van der Waals surface area contributed by atoms with E-state index in [4.69, 9.17) is 4.84 Å². The van der Waals surface area contributed by atoms with Gasteiger partial charge in [-0.05, 0) is 18.4 Å². The second-order valence-corrected chi connectivity index (χ2v) is 3.81. The third kappa shape index (κ3) is 3.29. The Balaban J connectivity index is 1.67. The average Bonchev–Trinajstić information content (AvgIpc) is 2.65. The van der Waals surface area contributed by atoms with Crippen LogP contribution in [0.1, 0.15) is 12.0 Å². The molecule has 0 spiro atoms. The summed E-state index contributed by atoms with van der Waals surface area (Å²) in [5.41, 5.74) is 1.23. The molecule has 0 radical (unpaired) electrons. The summed E-state index contributed by atoms with van der Waals surface area (Å²) in [4.78, 5) is 27.2. The van der Waals surface area contributed by atoms with E-state index in [-0.39, 0.29) is 12.5 Å². The van der Waals surface area contributed by atoms with Gasteiger partial charge in [-0.2, -0.15) is 5.06 Å². The number of amides is 3. The van der Waals surface area contributed by atoms with E-state index in [2.05, 4.69) is 5.32 Å². The van der Waals surface area contributed by atoms with E-state index in [0.717, 1.165) is 17.9 Å². The number of carbonyl (C=O) groups is 2. The minimum atomic E-state index is -0.477. The largest absolute Gasteiger partial charge is 0.348 e. The maximum Gasteiger partial charge on any atom is 0.348 e. The van der Waals surface area contributed by atoms with E-state index in [1.165, 1.54) is 5.56 Å². The first-order chi connectivity index (χ1) is 8.25. The fourth-order valence-corrected chi connectivity index (χ4v) is 1.62. The number of hydrogen-bond donors (Lipinski definition) is 1. The van der Waals surface area contributed by atoms with E-state index in [1.54, 1.807) is 0 Å². The van der Waals surface area contributed by atoms with Crippen molar-refractivity contribution < 1.29 is 14.4 Å². The van der Waals surface area contributed by atoms with Gasteiger partial charge in [-0.1, -0.05) is 30.3 Å². The van der Waals surface area contributed by atoms with Gasteiger partial charge >= 0.3 is 6.03 Å². The van der Waals surface area contributed by atoms with Gasteiger partial charge in [0.1, 0.15) is 6.54 Å². The normalized spacial score (nSPS) is 15.2. The maximum atomic E-state index is 11.1. The predicted octanol–water partition coefficient (Wildman–Crippen LogP) is 1.10. The highest BCUT2D eigenvalue weighted by Gasteiger charge is 2.27. The van der Waals surface area contributed by atoms with Crippen molar-refractivity contribution in [1.82, 2.24) is 10.4 Å². The van der Waals surface area contributed by atoms with Crippen LogP contribution in [-0.4, -0.2) is 30.2 Å². The van der Waals surface area contributed by atoms with Gasteiger partial charge in [0.2, 0.25) is 5.91 Å². The molecular weight excluding hydrogens is 220 g/mol. The van der Waals surface area contributed by atoms with Gasteiger partial charge < -0.3 is 0 Å². The molecule has 1 N–H and O–H groups in total.